The van der Waals surface area contributed by atoms with Gasteiger partial charge in [-0.1, -0.05) is 12.1 Å². The number of nitriles is 1. The van der Waals surface area contributed by atoms with E-state index in [4.69, 9.17) is 25.2 Å². The summed E-state index contributed by atoms with van der Waals surface area (Å²) < 4.78 is 16.6. The van der Waals surface area contributed by atoms with Crippen LogP contribution >= 0.6 is 0 Å². The predicted octanol–water partition coefficient (Wildman–Crippen LogP) is 2.70. The molecule has 0 fully saturated rings. The highest BCUT2D eigenvalue weighted by Crippen LogP contribution is 2.40. The highest BCUT2D eigenvalue weighted by Gasteiger charge is 2.16. The molecule has 2 aromatic rings. The van der Waals surface area contributed by atoms with Gasteiger partial charge in [0.05, 0.1) is 11.3 Å². The van der Waals surface area contributed by atoms with Crippen molar-refractivity contribution in [1.82, 2.24) is 0 Å². The molecule has 0 amide bonds. The van der Waals surface area contributed by atoms with E-state index in [9.17, 15) is 0 Å². The Morgan fingerprint density at radius 1 is 1.05 bits per heavy atom. The van der Waals surface area contributed by atoms with Gasteiger partial charge in [-0.2, -0.15) is 5.26 Å². The Kier molecular flexibility index (Phi) is 3.05. The topological polar surface area (TPSA) is 77.5 Å². The molecule has 2 aromatic carbocycles. The molecule has 1 aliphatic heterocycles. The summed E-state index contributed by atoms with van der Waals surface area (Å²) in [4.78, 5) is 0. The number of nitrogens with zero attached hydrogens (tertiary/aromatic N) is 1. The number of anilines is 1. The Balaban J connectivity index is 1.97. The molecule has 0 bridgehead atoms. The zero-order valence-corrected chi connectivity index (χ0v) is 10.6. The summed E-state index contributed by atoms with van der Waals surface area (Å²) in [5, 5.41) is 9.05. The van der Waals surface area contributed by atoms with Gasteiger partial charge in [0.1, 0.15) is 25.0 Å². The van der Waals surface area contributed by atoms with Crippen molar-refractivity contribution in [3.05, 3.63) is 42.0 Å². The minimum atomic E-state index is 0.432. The Hall–Kier alpha value is -2.87. The first kappa shape index (κ1) is 12.2. The van der Waals surface area contributed by atoms with Crippen LogP contribution in [0.2, 0.25) is 0 Å². The third-order valence-corrected chi connectivity index (χ3v) is 2.90. The lowest BCUT2D eigenvalue weighted by Crippen LogP contribution is -2.15. The Morgan fingerprint density at radius 3 is 2.50 bits per heavy atom. The Morgan fingerprint density at radius 2 is 1.75 bits per heavy atom. The number of para-hydroxylation sites is 1. The van der Waals surface area contributed by atoms with Gasteiger partial charge in [0, 0.05) is 12.1 Å². The maximum Gasteiger partial charge on any atom is 0.165 e. The fourth-order valence-corrected chi connectivity index (χ4v) is 1.94. The van der Waals surface area contributed by atoms with Crippen LogP contribution in [0.4, 0.5) is 5.69 Å². The van der Waals surface area contributed by atoms with Crippen LogP contribution in [0, 0.1) is 11.3 Å². The van der Waals surface area contributed by atoms with E-state index in [-0.39, 0.29) is 0 Å². The zero-order valence-electron chi connectivity index (χ0n) is 10.6. The summed E-state index contributed by atoms with van der Waals surface area (Å²) >= 11 is 0. The van der Waals surface area contributed by atoms with Crippen LogP contribution < -0.4 is 19.9 Å². The smallest absolute Gasteiger partial charge is 0.165 e. The standard InChI is InChI=1S/C15H12N2O3/c16-9-10-3-1-2-4-12(10)20-13-8-15-14(7-11(13)17)18-5-6-19-15/h1-4,7-8H,5-6,17H2. The molecule has 3 rings (SSSR count). The summed E-state index contributed by atoms with van der Waals surface area (Å²) in [6.07, 6.45) is 0. The number of hydrogen-bond donors (Lipinski definition) is 1. The van der Waals surface area contributed by atoms with E-state index in [0.717, 1.165) is 0 Å². The van der Waals surface area contributed by atoms with Gasteiger partial charge in [-0.25, -0.2) is 0 Å². The molecule has 0 saturated carbocycles. The fourth-order valence-electron chi connectivity index (χ4n) is 1.94. The minimum absolute atomic E-state index is 0.432. The van der Waals surface area contributed by atoms with Crippen molar-refractivity contribution in [1.29, 1.82) is 5.26 Å². The Labute approximate surface area is 116 Å². The molecule has 2 N–H and O–H groups in total. The lowest BCUT2D eigenvalue weighted by atomic mass is 10.2. The largest absolute Gasteiger partial charge is 0.486 e. The second kappa shape index (κ2) is 5.02. The maximum absolute atomic E-state index is 9.05. The summed E-state index contributed by atoms with van der Waals surface area (Å²) in [5.41, 5.74) is 6.82. The number of nitrogens with two attached hydrogens (primary N) is 1. The summed E-state index contributed by atoms with van der Waals surface area (Å²) in [5.74, 6) is 2.10. The van der Waals surface area contributed by atoms with Crippen molar-refractivity contribution in [2.75, 3.05) is 18.9 Å². The molecule has 0 aliphatic carbocycles. The van der Waals surface area contributed by atoms with Gasteiger partial charge >= 0.3 is 0 Å². The third-order valence-electron chi connectivity index (χ3n) is 2.90. The van der Waals surface area contributed by atoms with Crippen molar-refractivity contribution in [3.63, 3.8) is 0 Å². The van der Waals surface area contributed by atoms with E-state index in [2.05, 4.69) is 6.07 Å². The van der Waals surface area contributed by atoms with E-state index in [1.165, 1.54) is 0 Å². The quantitative estimate of drug-likeness (QED) is 0.847. The van der Waals surface area contributed by atoms with Gasteiger partial charge in [-0.15, -0.1) is 0 Å². The maximum atomic E-state index is 9.05. The second-order valence-corrected chi connectivity index (χ2v) is 4.24. The highest BCUT2D eigenvalue weighted by molar-refractivity contribution is 5.63. The first-order valence-corrected chi connectivity index (χ1v) is 6.14. The molecular weight excluding hydrogens is 256 g/mol. The second-order valence-electron chi connectivity index (χ2n) is 4.24. The lowest BCUT2D eigenvalue weighted by molar-refractivity contribution is 0.171. The average molecular weight is 268 g/mol. The average Bonchev–Trinajstić information content (AvgIpc) is 2.48. The number of hydrogen-bond acceptors (Lipinski definition) is 5. The molecule has 0 saturated heterocycles. The number of nitrogen functional groups attached to an aromatic ring is 1. The SMILES string of the molecule is N#Cc1ccccc1Oc1cc2c(cc1N)OCCO2. The lowest BCUT2D eigenvalue weighted by Gasteiger charge is -2.20. The number of ether oxygens (including phenoxy) is 3. The highest BCUT2D eigenvalue weighted by atomic mass is 16.6. The van der Waals surface area contributed by atoms with E-state index >= 15 is 0 Å². The van der Waals surface area contributed by atoms with Crippen LogP contribution in [-0.2, 0) is 0 Å². The van der Waals surface area contributed by atoms with Crippen LogP contribution in [0.1, 0.15) is 5.56 Å². The van der Waals surface area contributed by atoms with Crippen molar-refractivity contribution in [2.24, 2.45) is 0 Å². The van der Waals surface area contributed by atoms with Gasteiger partial charge in [-0.3, -0.25) is 0 Å². The molecule has 0 radical (unpaired) electrons. The molecular formula is C15H12N2O3. The zero-order chi connectivity index (χ0) is 13.9. The van der Waals surface area contributed by atoms with Crippen molar-refractivity contribution in [2.45, 2.75) is 0 Å². The predicted molar refractivity (Wildman–Crippen MR) is 73.1 cm³/mol. The number of fused-ring (bicyclic) bond motifs is 1. The van der Waals surface area contributed by atoms with Crippen molar-refractivity contribution in [3.8, 4) is 29.1 Å². The summed E-state index contributed by atoms with van der Waals surface area (Å²) in [6.45, 7) is 0.995. The molecule has 1 aliphatic rings. The Bertz CT molecular complexity index is 692. The molecule has 5 heteroatoms. The summed E-state index contributed by atoms with van der Waals surface area (Å²) in [6, 6.07) is 12.4. The van der Waals surface area contributed by atoms with Crippen molar-refractivity contribution < 1.29 is 14.2 Å². The number of benzene rings is 2. The first-order valence-electron chi connectivity index (χ1n) is 6.14. The van der Waals surface area contributed by atoms with Crippen LogP contribution in [-0.4, -0.2) is 13.2 Å². The van der Waals surface area contributed by atoms with Crippen LogP contribution in [0.3, 0.4) is 0 Å². The van der Waals surface area contributed by atoms with Crippen LogP contribution in [0.25, 0.3) is 0 Å². The molecule has 5 nitrogen and oxygen atoms in total. The van der Waals surface area contributed by atoms with Crippen molar-refractivity contribution >= 4 is 5.69 Å². The molecule has 0 aromatic heterocycles. The molecule has 0 unspecified atom stereocenters. The van der Waals surface area contributed by atoms with Gasteiger partial charge in [0.2, 0.25) is 0 Å². The fraction of sp³-hybridized carbons (Fsp3) is 0.133. The first-order chi connectivity index (χ1) is 9.78. The van der Waals surface area contributed by atoms with E-state index in [1.54, 1.807) is 36.4 Å². The van der Waals surface area contributed by atoms with E-state index in [1.807, 2.05) is 0 Å². The van der Waals surface area contributed by atoms with Gasteiger partial charge < -0.3 is 19.9 Å². The monoisotopic (exact) mass is 268 g/mol. The minimum Gasteiger partial charge on any atom is -0.486 e. The molecule has 0 atom stereocenters. The molecule has 100 valence electrons. The van der Waals surface area contributed by atoms with Gasteiger partial charge in [0.25, 0.3) is 0 Å². The normalized spacial score (nSPS) is 12.6. The van der Waals surface area contributed by atoms with Crippen LogP contribution in [0.5, 0.6) is 23.0 Å². The summed E-state index contributed by atoms with van der Waals surface area (Å²) in [7, 11) is 0. The van der Waals surface area contributed by atoms with E-state index in [0.29, 0.717) is 47.5 Å². The number of rotatable bonds is 2. The van der Waals surface area contributed by atoms with Gasteiger partial charge in [-0.05, 0) is 12.1 Å². The molecule has 1 heterocycles. The van der Waals surface area contributed by atoms with Gasteiger partial charge in [0.15, 0.2) is 17.2 Å². The molecule has 20 heavy (non-hydrogen) atoms. The molecule has 0 spiro atoms. The van der Waals surface area contributed by atoms with E-state index < -0.39 is 0 Å². The third kappa shape index (κ3) is 2.19. The van der Waals surface area contributed by atoms with Crippen LogP contribution in [0.15, 0.2) is 36.4 Å².